The number of carbonyl (C=O) groups is 1. The Morgan fingerprint density at radius 3 is 2.83 bits per heavy atom. The van der Waals surface area contributed by atoms with E-state index in [-0.39, 0.29) is 6.42 Å². The van der Waals surface area contributed by atoms with Gasteiger partial charge in [-0.3, -0.25) is 28.2 Å². The molecule has 0 aromatic carbocycles. The number of aliphatic hydroxyl groups excluding tert-OH is 1. The van der Waals surface area contributed by atoms with Gasteiger partial charge in [0.1, 0.15) is 18.5 Å². The lowest BCUT2D eigenvalue weighted by molar-refractivity contribution is -0.135. The molecule has 0 aliphatic carbocycles. The van der Waals surface area contributed by atoms with Crippen molar-refractivity contribution in [1.82, 2.24) is 9.55 Å². The van der Waals surface area contributed by atoms with E-state index in [2.05, 4.69) is 4.52 Å². The Labute approximate surface area is 132 Å². The van der Waals surface area contributed by atoms with Gasteiger partial charge in [-0.25, -0.2) is 9.18 Å². The first kappa shape index (κ1) is 18.5. The molecule has 2 unspecified atom stereocenters. The molecule has 1 aromatic heterocycles. The topological polar surface area (TPSA) is 168 Å². The molecule has 13 heteroatoms. The van der Waals surface area contributed by atoms with E-state index in [1.54, 1.807) is 0 Å². The molecule has 0 bridgehead atoms. The van der Waals surface area contributed by atoms with Gasteiger partial charge in [-0.15, -0.1) is 0 Å². The molecule has 1 fully saturated rings. The van der Waals surface area contributed by atoms with Gasteiger partial charge in [0.2, 0.25) is 6.36 Å². The van der Waals surface area contributed by atoms with Crippen LogP contribution in [0.3, 0.4) is 0 Å². The highest BCUT2D eigenvalue weighted by Gasteiger charge is 2.44. The van der Waals surface area contributed by atoms with Crippen LogP contribution < -0.4 is 11.2 Å². The normalized spacial score (nSPS) is 27.5. The summed E-state index contributed by atoms with van der Waals surface area (Å²) < 4.78 is 35.6. The number of rotatable bonds is 6. The Bertz CT molecular complexity index is 777. The summed E-state index contributed by atoms with van der Waals surface area (Å²) >= 11 is 0. The molecule has 11 nitrogen and oxygen atoms in total. The number of aromatic amines is 1. The van der Waals surface area contributed by atoms with Crippen LogP contribution in [-0.2, 0) is 18.6 Å². The smallest absolute Gasteiger partial charge is 0.341 e. The number of carboxylic acids is 1. The summed E-state index contributed by atoms with van der Waals surface area (Å²) in [6, 6.07) is 1.02. The molecule has 5 atom stereocenters. The fourth-order valence-corrected chi connectivity index (χ4v) is 3.01. The van der Waals surface area contributed by atoms with Gasteiger partial charge in [0.05, 0.1) is 6.10 Å². The van der Waals surface area contributed by atoms with Crippen LogP contribution >= 0.6 is 7.60 Å². The minimum Gasteiger partial charge on any atom is -0.481 e. The zero-order valence-corrected chi connectivity index (χ0v) is 12.8. The molecule has 24 heavy (non-hydrogen) atoms. The number of halogens is 1. The Morgan fingerprint density at radius 1 is 1.58 bits per heavy atom. The Morgan fingerprint density at radius 2 is 2.25 bits per heavy atom. The summed E-state index contributed by atoms with van der Waals surface area (Å²) in [7, 11) is -4.77. The number of alkyl halides is 1. The summed E-state index contributed by atoms with van der Waals surface area (Å²) in [6.45, 7) is 0. The molecule has 4 N–H and O–H groups in total. The number of nitrogens with zero attached hydrogens (tertiary/aromatic N) is 1. The molecule has 0 spiro atoms. The van der Waals surface area contributed by atoms with Gasteiger partial charge < -0.3 is 19.8 Å². The zero-order chi connectivity index (χ0) is 18.1. The van der Waals surface area contributed by atoms with Gasteiger partial charge in [0, 0.05) is 18.7 Å². The molecule has 0 amide bonds. The maximum Gasteiger partial charge on any atom is 0.341 e. The van der Waals surface area contributed by atoms with E-state index in [0.29, 0.717) is 0 Å². The average molecular weight is 368 g/mol. The van der Waals surface area contributed by atoms with E-state index in [9.17, 15) is 33.3 Å². The lowest BCUT2D eigenvalue weighted by Gasteiger charge is -2.21. The van der Waals surface area contributed by atoms with Crippen LogP contribution in [0.25, 0.3) is 0 Å². The van der Waals surface area contributed by atoms with Crippen LogP contribution in [0.5, 0.6) is 0 Å². The second-order valence-electron chi connectivity index (χ2n) is 5.02. The molecule has 2 rings (SSSR count). The lowest BCUT2D eigenvalue weighted by Crippen LogP contribution is -2.34. The average Bonchev–Trinajstić information content (AvgIpc) is 2.78. The quantitative estimate of drug-likeness (QED) is 0.449. The SMILES string of the molecule is O=C(O)CP(=O)(O)OC(F)[C@H]1O[C@@H](n2ccc(=O)[nH]c2=O)C[C@@H]1O. The third kappa shape index (κ3) is 4.36. The first-order valence-corrected chi connectivity index (χ1v) is 8.36. The highest BCUT2D eigenvalue weighted by molar-refractivity contribution is 7.53. The number of hydrogen-bond acceptors (Lipinski definition) is 7. The van der Waals surface area contributed by atoms with Crippen LogP contribution in [0.1, 0.15) is 12.6 Å². The second-order valence-corrected chi connectivity index (χ2v) is 6.82. The number of H-pyrrole nitrogens is 1. The predicted octanol–water partition coefficient (Wildman–Crippen LogP) is -1.23. The van der Waals surface area contributed by atoms with Gasteiger partial charge in [0.25, 0.3) is 5.56 Å². The van der Waals surface area contributed by atoms with E-state index in [4.69, 9.17) is 9.84 Å². The largest absolute Gasteiger partial charge is 0.481 e. The maximum atomic E-state index is 14.0. The number of aliphatic carboxylic acids is 1. The molecule has 1 saturated heterocycles. The van der Waals surface area contributed by atoms with Crippen molar-refractivity contribution >= 4 is 13.6 Å². The van der Waals surface area contributed by atoms with Gasteiger partial charge in [-0.2, -0.15) is 0 Å². The molecule has 1 aromatic rings. The van der Waals surface area contributed by atoms with Crippen LogP contribution in [0.4, 0.5) is 4.39 Å². The number of aliphatic hydroxyl groups is 1. The zero-order valence-electron chi connectivity index (χ0n) is 11.9. The van der Waals surface area contributed by atoms with E-state index in [0.717, 1.165) is 16.8 Å². The second kappa shape index (κ2) is 6.95. The number of carboxylic acid groups (broad SMARTS) is 1. The molecular weight excluding hydrogens is 354 g/mol. The van der Waals surface area contributed by atoms with E-state index in [1.807, 2.05) is 4.98 Å². The van der Waals surface area contributed by atoms with Gasteiger partial charge in [-0.05, 0) is 0 Å². The minimum atomic E-state index is -4.77. The molecule has 0 saturated carbocycles. The Kier molecular flexibility index (Phi) is 5.35. The first-order valence-electron chi connectivity index (χ1n) is 6.60. The summed E-state index contributed by atoms with van der Waals surface area (Å²) in [4.78, 5) is 44.2. The van der Waals surface area contributed by atoms with E-state index in [1.165, 1.54) is 0 Å². The number of nitrogens with one attached hydrogen (secondary N) is 1. The van der Waals surface area contributed by atoms with E-state index >= 15 is 0 Å². The van der Waals surface area contributed by atoms with Gasteiger partial charge in [-0.1, -0.05) is 0 Å². The fourth-order valence-electron chi connectivity index (χ4n) is 2.16. The van der Waals surface area contributed by atoms with E-state index < -0.39 is 55.8 Å². The monoisotopic (exact) mass is 368 g/mol. The number of aromatic nitrogens is 2. The van der Waals surface area contributed by atoms with Crippen molar-refractivity contribution in [2.45, 2.75) is 31.2 Å². The Hall–Kier alpha value is -1.85. The predicted molar refractivity (Wildman–Crippen MR) is 74.2 cm³/mol. The molecule has 2 heterocycles. The summed E-state index contributed by atoms with van der Waals surface area (Å²) in [5.41, 5.74) is -1.51. The van der Waals surface area contributed by atoms with Crippen LogP contribution in [0.15, 0.2) is 21.9 Å². The van der Waals surface area contributed by atoms with Crippen LogP contribution in [-0.4, -0.2) is 55.4 Å². The molecule has 1 aliphatic heterocycles. The maximum absolute atomic E-state index is 14.0. The van der Waals surface area contributed by atoms with Gasteiger partial charge in [0.15, 0.2) is 0 Å². The highest BCUT2D eigenvalue weighted by Crippen LogP contribution is 2.45. The third-order valence-corrected chi connectivity index (χ3v) is 4.36. The number of hydrogen-bond donors (Lipinski definition) is 4. The standard InChI is InChI=1S/C11H14FN2O9P/c12-10(23-24(20,21)4-8(17)18)9-5(15)3-7(22-9)14-2-1-6(16)13-11(14)19/h1-2,5,7,9-10,15H,3-4H2,(H,17,18)(H,20,21)(H,13,16,19)/t5-,7+,9-,10?/m0/s1. The van der Waals surface area contributed by atoms with Gasteiger partial charge >= 0.3 is 19.3 Å². The molecule has 134 valence electrons. The summed E-state index contributed by atoms with van der Waals surface area (Å²) in [5.74, 6) is -1.67. The lowest BCUT2D eigenvalue weighted by atomic mass is 10.2. The van der Waals surface area contributed by atoms with Crippen molar-refractivity contribution in [3.05, 3.63) is 33.1 Å². The van der Waals surface area contributed by atoms with Crippen molar-refractivity contribution in [2.75, 3.05) is 6.16 Å². The molecule has 0 radical (unpaired) electrons. The summed E-state index contributed by atoms with van der Waals surface area (Å²) in [5, 5.41) is 18.2. The highest BCUT2D eigenvalue weighted by atomic mass is 31.2. The van der Waals surface area contributed by atoms with Crippen LogP contribution in [0, 0.1) is 0 Å². The van der Waals surface area contributed by atoms with Crippen molar-refractivity contribution in [2.24, 2.45) is 0 Å². The Balaban J connectivity index is 2.10. The van der Waals surface area contributed by atoms with Crippen molar-refractivity contribution in [1.29, 1.82) is 0 Å². The first-order chi connectivity index (χ1) is 11.1. The summed E-state index contributed by atoms with van der Waals surface area (Å²) in [6.07, 6.45) is -7.45. The fraction of sp³-hybridized carbons (Fsp3) is 0.545. The van der Waals surface area contributed by atoms with Crippen molar-refractivity contribution in [3.63, 3.8) is 0 Å². The third-order valence-electron chi connectivity index (χ3n) is 3.16. The molecular formula is C11H14FN2O9P. The molecule has 1 aliphatic rings. The minimum absolute atomic E-state index is 0.255. The van der Waals surface area contributed by atoms with Crippen LogP contribution in [0.2, 0.25) is 0 Å². The number of ether oxygens (including phenoxy) is 1. The van der Waals surface area contributed by atoms with Crippen molar-refractivity contribution in [3.8, 4) is 0 Å². The van der Waals surface area contributed by atoms with Crippen molar-refractivity contribution < 1.29 is 38.1 Å².